The van der Waals surface area contributed by atoms with Crippen molar-refractivity contribution < 1.29 is 14.7 Å². The van der Waals surface area contributed by atoms with Gasteiger partial charge in [0, 0.05) is 23.3 Å². The molecular formula is C31H37N3O3. The number of hydrogen-bond donors (Lipinski definition) is 3. The van der Waals surface area contributed by atoms with Crippen molar-refractivity contribution in [1.82, 2.24) is 10.2 Å². The van der Waals surface area contributed by atoms with E-state index in [4.69, 9.17) is 0 Å². The number of hydrogen-bond acceptors (Lipinski definition) is 4. The molecule has 3 atom stereocenters. The standard InChI is InChI=1S/C31H37N3O3/c1-21(32-25-10-8-23(9-11-25)22-6-7-22)34-20-4-5-27(34)28(35)33-26-14-18-30(2,19-15-26)24-12-16-31(3,17-13-24)29(36)37/h8-16,18,22,27,32H,1,4-7,17,19-20H2,2-3H3,(H,33,35)(H,36,37)/t27-,30?,31?/m1/s1. The molecule has 194 valence electrons. The molecule has 0 radical (unpaired) electrons. The van der Waals surface area contributed by atoms with E-state index >= 15 is 0 Å². The number of anilines is 1. The van der Waals surface area contributed by atoms with Gasteiger partial charge in [-0.3, -0.25) is 9.59 Å². The lowest BCUT2D eigenvalue weighted by atomic mass is 9.71. The second kappa shape index (κ2) is 9.73. The summed E-state index contributed by atoms with van der Waals surface area (Å²) < 4.78 is 0. The molecule has 6 nitrogen and oxygen atoms in total. The second-order valence-electron chi connectivity index (χ2n) is 11.3. The van der Waals surface area contributed by atoms with E-state index in [-0.39, 0.29) is 17.4 Å². The predicted octanol–water partition coefficient (Wildman–Crippen LogP) is 5.86. The van der Waals surface area contributed by atoms with Crippen molar-refractivity contribution in [3.05, 3.63) is 90.0 Å². The van der Waals surface area contributed by atoms with Gasteiger partial charge in [-0.2, -0.15) is 0 Å². The largest absolute Gasteiger partial charge is 0.481 e. The maximum atomic E-state index is 13.2. The number of rotatable bonds is 8. The fourth-order valence-electron chi connectivity index (χ4n) is 5.43. The zero-order chi connectivity index (χ0) is 26.2. The lowest BCUT2D eigenvalue weighted by Crippen LogP contribution is -2.43. The Morgan fingerprint density at radius 3 is 2.35 bits per heavy atom. The van der Waals surface area contributed by atoms with Gasteiger partial charge >= 0.3 is 5.97 Å². The Kier molecular flexibility index (Phi) is 6.61. The second-order valence-corrected chi connectivity index (χ2v) is 11.3. The number of amides is 1. The van der Waals surface area contributed by atoms with Gasteiger partial charge in [-0.15, -0.1) is 0 Å². The molecule has 1 amide bonds. The van der Waals surface area contributed by atoms with Gasteiger partial charge in [-0.05, 0) is 80.7 Å². The Bertz CT molecular complexity index is 1220. The monoisotopic (exact) mass is 499 g/mol. The van der Waals surface area contributed by atoms with Gasteiger partial charge < -0.3 is 20.6 Å². The predicted molar refractivity (Wildman–Crippen MR) is 147 cm³/mol. The molecule has 5 rings (SSSR count). The van der Waals surface area contributed by atoms with Gasteiger partial charge in [-0.25, -0.2) is 0 Å². The van der Waals surface area contributed by atoms with Gasteiger partial charge in [0.15, 0.2) is 0 Å². The van der Waals surface area contributed by atoms with E-state index in [1.54, 1.807) is 13.0 Å². The van der Waals surface area contributed by atoms with Gasteiger partial charge in [0.05, 0.1) is 11.2 Å². The van der Waals surface area contributed by atoms with Gasteiger partial charge in [0.25, 0.3) is 0 Å². The highest BCUT2D eigenvalue weighted by atomic mass is 16.4. The molecule has 2 unspecified atom stereocenters. The van der Waals surface area contributed by atoms with Crippen LogP contribution in [0.5, 0.6) is 0 Å². The van der Waals surface area contributed by atoms with Crippen molar-refractivity contribution in [3.8, 4) is 0 Å². The number of nitrogens with zero attached hydrogens (tertiary/aromatic N) is 1. The molecule has 1 saturated carbocycles. The summed E-state index contributed by atoms with van der Waals surface area (Å²) in [4.78, 5) is 26.8. The van der Waals surface area contributed by atoms with E-state index in [2.05, 4.69) is 65.5 Å². The first-order valence-electron chi connectivity index (χ1n) is 13.3. The van der Waals surface area contributed by atoms with Crippen LogP contribution >= 0.6 is 0 Å². The van der Waals surface area contributed by atoms with Crippen LogP contribution in [0.2, 0.25) is 0 Å². The Balaban J connectivity index is 1.17. The van der Waals surface area contributed by atoms with Gasteiger partial charge in [0.1, 0.15) is 6.04 Å². The quantitative estimate of drug-likeness (QED) is 0.418. The average Bonchev–Trinajstić information content (AvgIpc) is 3.61. The average molecular weight is 500 g/mol. The topological polar surface area (TPSA) is 81.7 Å². The van der Waals surface area contributed by atoms with Gasteiger partial charge in [-0.1, -0.05) is 56.0 Å². The number of aliphatic carboxylic acids is 1. The number of carbonyl (C=O) groups is 2. The molecule has 1 aliphatic heterocycles. The summed E-state index contributed by atoms with van der Waals surface area (Å²) >= 11 is 0. The van der Waals surface area contributed by atoms with Crippen molar-refractivity contribution in [2.75, 3.05) is 11.9 Å². The normalized spacial score (nSPS) is 28.9. The highest BCUT2D eigenvalue weighted by molar-refractivity contribution is 5.84. The number of carbonyl (C=O) groups excluding carboxylic acids is 1. The smallest absolute Gasteiger partial charge is 0.313 e. The highest BCUT2D eigenvalue weighted by Crippen LogP contribution is 2.42. The lowest BCUT2D eigenvalue weighted by molar-refractivity contribution is -0.145. The fraction of sp³-hybridized carbons (Fsp3) is 0.419. The number of carboxylic acids is 1. The molecule has 1 saturated heterocycles. The summed E-state index contributed by atoms with van der Waals surface area (Å²) in [6, 6.07) is 8.29. The van der Waals surface area contributed by atoms with E-state index in [1.165, 1.54) is 18.4 Å². The third kappa shape index (κ3) is 5.29. The van der Waals surface area contributed by atoms with Crippen LogP contribution in [0.15, 0.2) is 84.4 Å². The van der Waals surface area contributed by atoms with Gasteiger partial charge in [0.2, 0.25) is 5.91 Å². The van der Waals surface area contributed by atoms with Crippen LogP contribution in [0, 0.1) is 10.8 Å². The minimum atomic E-state index is -0.848. The molecule has 37 heavy (non-hydrogen) atoms. The summed E-state index contributed by atoms with van der Waals surface area (Å²) in [7, 11) is 0. The zero-order valence-corrected chi connectivity index (χ0v) is 21.8. The minimum Gasteiger partial charge on any atom is -0.481 e. The van der Waals surface area contributed by atoms with Crippen LogP contribution in [-0.4, -0.2) is 34.5 Å². The number of likely N-dealkylation sites (tertiary alicyclic amines) is 1. The lowest BCUT2D eigenvalue weighted by Gasteiger charge is -2.34. The first-order valence-corrected chi connectivity index (χ1v) is 13.3. The van der Waals surface area contributed by atoms with Crippen LogP contribution in [0.3, 0.4) is 0 Å². The maximum absolute atomic E-state index is 13.2. The number of allylic oxidation sites excluding steroid dienone is 6. The van der Waals surface area contributed by atoms with E-state index < -0.39 is 11.4 Å². The Hall–Kier alpha value is -3.54. The van der Waals surface area contributed by atoms with E-state index in [9.17, 15) is 14.7 Å². The van der Waals surface area contributed by atoms with E-state index in [1.807, 2.05) is 18.2 Å². The SMILES string of the molecule is C=C(Nc1ccc(C2CC2)cc1)N1CCC[C@@H]1C(=O)NC1=CCC(C)(C2=CCC(C)(C(=O)O)C=C2)C=C1. The molecule has 2 fully saturated rings. The summed E-state index contributed by atoms with van der Waals surface area (Å²) in [5.41, 5.74) is 3.23. The Labute approximate surface area is 219 Å². The number of carboxylic acid groups (broad SMARTS) is 1. The maximum Gasteiger partial charge on any atom is 0.313 e. The third-order valence-electron chi connectivity index (χ3n) is 8.32. The molecular weight excluding hydrogens is 462 g/mol. The van der Waals surface area contributed by atoms with Crippen LogP contribution in [0.4, 0.5) is 5.69 Å². The minimum absolute atomic E-state index is 0.0157. The van der Waals surface area contributed by atoms with Crippen molar-refractivity contribution in [1.29, 1.82) is 0 Å². The van der Waals surface area contributed by atoms with Crippen molar-refractivity contribution in [2.24, 2.45) is 10.8 Å². The van der Waals surface area contributed by atoms with Crippen LogP contribution in [0.1, 0.15) is 63.9 Å². The molecule has 6 heteroatoms. The highest BCUT2D eigenvalue weighted by Gasteiger charge is 2.36. The summed E-state index contributed by atoms with van der Waals surface area (Å²) in [5, 5.41) is 16.0. The fourth-order valence-corrected chi connectivity index (χ4v) is 5.43. The van der Waals surface area contributed by atoms with Crippen molar-refractivity contribution >= 4 is 17.6 Å². The molecule has 1 aromatic carbocycles. The van der Waals surface area contributed by atoms with Crippen LogP contribution in [0.25, 0.3) is 0 Å². The zero-order valence-electron chi connectivity index (χ0n) is 21.8. The van der Waals surface area contributed by atoms with Crippen molar-refractivity contribution in [3.63, 3.8) is 0 Å². The number of nitrogens with one attached hydrogen (secondary N) is 2. The molecule has 0 spiro atoms. The molecule has 3 N–H and O–H groups in total. The third-order valence-corrected chi connectivity index (χ3v) is 8.32. The first-order chi connectivity index (χ1) is 17.7. The summed E-state index contributed by atoms with van der Waals surface area (Å²) in [5.74, 6) is 0.659. The molecule has 4 aliphatic rings. The summed E-state index contributed by atoms with van der Waals surface area (Å²) in [6.45, 7) is 8.91. The van der Waals surface area contributed by atoms with E-state index in [0.717, 1.165) is 54.5 Å². The molecule has 0 aromatic heterocycles. The Morgan fingerprint density at radius 2 is 1.76 bits per heavy atom. The van der Waals surface area contributed by atoms with E-state index in [0.29, 0.717) is 6.42 Å². The van der Waals surface area contributed by atoms with Crippen LogP contribution in [-0.2, 0) is 9.59 Å². The molecule has 0 bridgehead atoms. The summed E-state index contributed by atoms with van der Waals surface area (Å²) in [6.07, 6.45) is 17.4. The molecule has 1 heterocycles. The number of benzene rings is 1. The van der Waals surface area contributed by atoms with Crippen LogP contribution < -0.4 is 10.6 Å². The first kappa shape index (κ1) is 25.1. The van der Waals surface area contributed by atoms with Crippen molar-refractivity contribution in [2.45, 2.75) is 64.3 Å². The molecule has 1 aromatic rings. The Morgan fingerprint density at radius 1 is 1.00 bits per heavy atom. The molecule has 3 aliphatic carbocycles.